The van der Waals surface area contributed by atoms with Crippen molar-refractivity contribution in [1.82, 2.24) is 33.2 Å². The third-order valence-corrected chi connectivity index (χ3v) is 21.3. The second-order valence-corrected chi connectivity index (χ2v) is 33.9. The highest BCUT2D eigenvalue weighted by Crippen LogP contribution is 2.47. The lowest BCUT2D eigenvalue weighted by atomic mass is 9.34. The Bertz CT molecular complexity index is 5560. The lowest BCUT2D eigenvalue weighted by Gasteiger charge is -2.36. The molecule has 8 heteroatoms. The van der Waals surface area contributed by atoms with Crippen LogP contribution in [0, 0.1) is 0 Å². The molecule has 7 heterocycles. The van der Waals surface area contributed by atoms with Gasteiger partial charge in [-0.2, -0.15) is 9.97 Å². The van der Waals surface area contributed by atoms with Crippen molar-refractivity contribution in [2.75, 3.05) is 0 Å². The van der Waals surface area contributed by atoms with Crippen molar-refractivity contribution in [3.05, 3.63) is 215 Å². The maximum Gasteiger partial charge on any atom is 0.252 e. The third-order valence-electron chi connectivity index (χ3n) is 21.3. The van der Waals surface area contributed by atoms with Crippen molar-refractivity contribution in [2.24, 2.45) is 0 Å². The van der Waals surface area contributed by atoms with Gasteiger partial charge in [-0.05, 0) is 143 Å². The van der Waals surface area contributed by atoms with Crippen LogP contribution in [0.2, 0.25) is 0 Å². The Kier molecular flexibility index (Phi) is 12.2. The zero-order valence-corrected chi connectivity index (χ0v) is 58.5. The van der Waals surface area contributed by atoms with Crippen molar-refractivity contribution < 1.29 is 0 Å². The lowest BCUT2D eigenvalue weighted by molar-refractivity contribution is 0.590. The quantitative estimate of drug-likeness (QED) is 0.165. The number of hydrogen-bond acceptors (Lipinski definition) is 3. The molecule has 470 valence electrons. The fraction of sp³-hybridized carbons (Fsp3) is 0.276. The molecule has 0 fully saturated rings. The van der Waals surface area contributed by atoms with Gasteiger partial charge in [0.15, 0.2) is 11.6 Å². The molecule has 95 heavy (non-hydrogen) atoms. The molecule has 17 rings (SSSR count). The molecule has 15 aromatic rings. The fourth-order valence-electron chi connectivity index (χ4n) is 15.9. The molecular formula is C87H84BN7. The van der Waals surface area contributed by atoms with Crippen molar-refractivity contribution in [2.45, 2.75) is 157 Å². The van der Waals surface area contributed by atoms with E-state index in [1.165, 1.54) is 110 Å². The summed E-state index contributed by atoms with van der Waals surface area (Å²) in [6.45, 7) is 41.9. The first-order valence-electron chi connectivity index (χ1n) is 34.3. The topological polar surface area (TPSA) is 58.4 Å². The van der Waals surface area contributed by atoms with E-state index in [-0.39, 0.29) is 39.2 Å². The third kappa shape index (κ3) is 8.80. The molecule has 2 aliphatic heterocycles. The second kappa shape index (κ2) is 19.6. The minimum absolute atomic E-state index is 0.0234. The molecule has 0 radical (unpaired) electrons. The van der Waals surface area contributed by atoms with Crippen LogP contribution < -0.4 is 16.4 Å². The van der Waals surface area contributed by atoms with E-state index in [1.807, 2.05) is 0 Å². The van der Waals surface area contributed by atoms with E-state index in [2.05, 4.69) is 325 Å². The Morgan fingerprint density at radius 1 is 0.274 bits per heavy atom. The predicted molar refractivity (Wildman–Crippen MR) is 405 cm³/mol. The molecule has 0 aliphatic carbocycles. The van der Waals surface area contributed by atoms with E-state index in [1.54, 1.807) is 0 Å². The molecule has 5 aromatic heterocycles. The van der Waals surface area contributed by atoms with Gasteiger partial charge in [0.05, 0.1) is 38.8 Å². The molecule has 2 aliphatic rings. The summed E-state index contributed by atoms with van der Waals surface area (Å²) in [4.78, 5) is 16.6. The number of para-hydroxylation sites is 2. The summed E-state index contributed by atoms with van der Waals surface area (Å²) in [6.07, 6.45) is 0. The molecule has 0 saturated heterocycles. The average Bonchev–Trinajstić information content (AvgIpc) is 1.60. The highest BCUT2D eigenvalue weighted by Gasteiger charge is 2.43. The molecule has 0 unspecified atom stereocenters. The zero-order valence-electron chi connectivity index (χ0n) is 58.5. The van der Waals surface area contributed by atoms with Crippen LogP contribution in [0.4, 0.5) is 0 Å². The van der Waals surface area contributed by atoms with Gasteiger partial charge in [-0.15, -0.1) is 0 Å². The van der Waals surface area contributed by atoms with Gasteiger partial charge in [-0.25, -0.2) is 4.98 Å². The van der Waals surface area contributed by atoms with Gasteiger partial charge in [0.2, 0.25) is 5.95 Å². The van der Waals surface area contributed by atoms with Gasteiger partial charge in [0.25, 0.3) is 6.71 Å². The molecule has 0 saturated carbocycles. The second-order valence-electron chi connectivity index (χ2n) is 33.9. The number of fused-ring (bicyclic) bond motifs is 17. The van der Waals surface area contributed by atoms with Gasteiger partial charge in [0.1, 0.15) is 0 Å². The van der Waals surface area contributed by atoms with Gasteiger partial charge < -0.3 is 13.7 Å². The smallest absolute Gasteiger partial charge is 0.252 e. The maximum absolute atomic E-state index is 5.63. The van der Waals surface area contributed by atoms with Crippen LogP contribution in [-0.2, 0) is 32.5 Å². The van der Waals surface area contributed by atoms with Gasteiger partial charge in [-0.3, -0.25) is 4.57 Å². The van der Waals surface area contributed by atoms with Crippen LogP contribution in [0.15, 0.2) is 182 Å². The highest BCUT2D eigenvalue weighted by atomic mass is 15.2. The molecule has 0 spiro atoms. The van der Waals surface area contributed by atoms with Gasteiger partial charge in [-0.1, -0.05) is 246 Å². The van der Waals surface area contributed by atoms with E-state index in [0.29, 0.717) is 17.6 Å². The molecule has 10 aromatic carbocycles. The van der Waals surface area contributed by atoms with Crippen molar-refractivity contribution in [3.8, 4) is 45.8 Å². The largest absolute Gasteiger partial charge is 0.310 e. The molecule has 0 N–H and O–H groups in total. The van der Waals surface area contributed by atoms with Crippen LogP contribution in [0.3, 0.4) is 0 Å². The van der Waals surface area contributed by atoms with Crippen LogP contribution in [-0.4, -0.2) is 39.9 Å². The summed E-state index contributed by atoms with van der Waals surface area (Å²) >= 11 is 0. The standard InChI is InChI=1S/C87H84BN7/c1-82(2,3)51-31-27-49(28-32-51)79-89-80(50-29-33-52(34-30-50)83(4,5)6)91-81(90-79)95-69-26-22-20-24-59(69)61-38-37-60-58-23-19-21-25-68(58)92(77(60)78(61)95)57-47-72-74-73(48-57)94-71-40-36-54(85(10,11)12)42-63(71)65-44-56(87(16,17)18)46-67(76(65)94)88(74)66-45-55(86(13,14)15)43-64-62-41-53(84(7,8)9)35-39-70(62)93(72)75(64)66/h19-48H,1-18H3. The van der Waals surface area contributed by atoms with Crippen molar-refractivity contribution in [1.29, 1.82) is 0 Å². The van der Waals surface area contributed by atoms with E-state index >= 15 is 0 Å². The van der Waals surface area contributed by atoms with Crippen LogP contribution in [0.25, 0.3) is 133 Å². The molecule has 0 amide bonds. The van der Waals surface area contributed by atoms with Crippen molar-refractivity contribution >= 4 is 110 Å². The first kappa shape index (κ1) is 59.2. The monoisotopic (exact) mass is 1240 g/mol. The van der Waals surface area contributed by atoms with E-state index < -0.39 is 0 Å². The molecule has 0 bridgehead atoms. The molecular weight excluding hydrogens is 1150 g/mol. The minimum Gasteiger partial charge on any atom is -0.310 e. The van der Waals surface area contributed by atoms with E-state index in [0.717, 1.165) is 55.0 Å². The summed E-state index contributed by atoms with van der Waals surface area (Å²) in [5.41, 5.74) is 26.2. The lowest BCUT2D eigenvalue weighted by Crippen LogP contribution is -2.59. The summed E-state index contributed by atoms with van der Waals surface area (Å²) in [5.74, 6) is 1.81. The summed E-state index contributed by atoms with van der Waals surface area (Å²) in [5, 5.41) is 9.78. The maximum atomic E-state index is 5.63. The molecule has 7 nitrogen and oxygen atoms in total. The number of nitrogens with zero attached hydrogens (tertiary/aromatic N) is 7. The predicted octanol–water partition coefficient (Wildman–Crippen LogP) is 20.5. The molecule has 0 atom stereocenters. The minimum atomic E-state index is -0.118. The number of aromatic nitrogens is 7. The first-order valence-corrected chi connectivity index (χ1v) is 34.3. The zero-order chi connectivity index (χ0) is 66.3. The van der Waals surface area contributed by atoms with Crippen LogP contribution >= 0.6 is 0 Å². The Hall–Kier alpha value is -9.53. The summed E-state index contributed by atoms with van der Waals surface area (Å²) in [6, 6.07) is 70.3. The number of benzene rings is 10. The Morgan fingerprint density at radius 2 is 0.632 bits per heavy atom. The SMILES string of the molecule is CC(C)(C)c1ccc(-c2nc(-c3ccc(C(C)(C)C)cc3)nc(-n3c4ccccc4c4ccc5c6ccccc6n(-c6cc7c8c(c6)-n6c9ccc(C(C)(C)C)cc9c9cc(C(C)(C)C)cc(c96)B8c6cc(C(C)(C)C)cc8c9cc(C(C)(C)C)ccc9n-7c68)c5c43)n2)cc1. The van der Waals surface area contributed by atoms with Gasteiger partial charge >= 0.3 is 0 Å². The average molecular weight is 1240 g/mol. The highest BCUT2D eigenvalue weighted by molar-refractivity contribution is 7.00. The van der Waals surface area contributed by atoms with Gasteiger partial charge in [0, 0.05) is 76.6 Å². The number of rotatable bonds is 4. The summed E-state index contributed by atoms with van der Waals surface area (Å²) < 4.78 is 10.3. The van der Waals surface area contributed by atoms with E-state index in [4.69, 9.17) is 15.0 Å². The first-order chi connectivity index (χ1) is 44.9. The summed E-state index contributed by atoms with van der Waals surface area (Å²) in [7, 11) is 0. The Morgan fingerprint density at radius 3 is 1.04 bits per heavy atom. The van der Waals surface area contributed by atoms with Crippen LogP contribution in [0.5, 0.6) is 0 Å². The fourth-order valence-corrected chi connectivity index (χ4v) is 15.9. The van der Waals surface area contributed by atoms with Crippen molar-refractivity contribution in [3.63, 3.8) is 0 Å². The van der Waals surface area contributed by atoms with E-state index in [9.17, 15) is 0 Å². The van der Waals surface area contributed by atoms with Crippen LogP contribution in [0.1, 0.15) is 158 Å². The normalized spacial score (nSPS) is 13.8. The number of hydrogen-bond donors (Lipinski definition) is 0. The Labute approximate surface area is 558 Å². The Balaban J connectivity index is 1.04.